The van der Waals surface area contributed by atoms with Gasteiger partial charge in [-0.25, -0.2) is 9.97 Å². The maximum absolute atomic E-state index is 11.7. The monoisotopic (exact) mass is 290 g/mol. The number of likely N-dealkylation sites (N-methyl/N-ethyl adjacent to an activating group) is 1. The lowest BCUT2D eigenvalue weighted by Crippen LogP contribution is -2.37. The van der Waals surface area contributed by atoms with Crippen LogP contribution in [-0.2, 0) is 4.79 Å². The van der Waals surface area contributed by atoms with E-state index >= 15 is 0 Å². The summed E-state index contributed by atoms with van der Waals surface area (Å²) in [6, 6.07) is 0. The molecule has 0 aliphatic heterocycles. The highest BCUT2D eigenvalue weighted by Gasteiger charge is 2.16. The van der Waals surface area contributed by atoms with Crippen molar-refractivity contribution in [1.82, 2.24) is 19.7 Å². The molecule has 0 spiro atoms. The molecule has 0 fully saturated rings. The predicted molar refractivity (Wildman–Crippen MR) is 83.7 cm³/mol. The van der Waals surface area contributed by atoms with E-state index in [9.17, 15) is 4.79 Å². The van der Waals surface area contributed by atoms with Gasteiger partial charge in [0.05, 0.1) is 12.7 Å². The fourth-order valence-electron chi connectivity index (χ4n) is 2.18. The molecule has 2 aromatic rings. The lowest BCUT2D eigenvalue weighted by molar-refractivity contribution is -0.119. The van der Waals surface area contributed by atoms with Gasteiger partial charge in [0.2, 0.25) is 5.91 Å². The highest BCUT2D eigenvalue weighted by atomic mass is 16.1. The maximum Gasteiger partial charge on any atom is 0.239 e. The second-order valence-corrected chi connectivity index (χ2v) is 4.73. The molecule has 0 aromatic carbocycles. The van der Waals surface area contributed by atoms with Crippen molar-refractivity contribution in [2.45, 2.75) is 20.3 Å². The summed E-state index contributed by atoms with van der Waals surface area (Å²) in [5, 5.41) is 5.86. The van der Waals surface area contributed by atoms with Gasteiger partial charge in [0, 0.05) is 32.5 Å². The molecule has 0 radical (unpaired) electrons. The van der Waals surface area contributed by atoms with Crippen molar-refractivity contribution in [2.75, 3.05) is 36.9 Å². The standard InChI is InChI=1S/C14H22N6O/c1-4-7-19(10-12(21)15-3)14-13-17-6-8-20(13)9-11(18-14)16-5-2/h6,8-9,16H,4-5,7,10H2,1-3H3,(H,15,21). The number of hydrogen-bond acceptors (Lipinski definition) is 5. The molecule has 2 heterocycles. The topological polar surface area (TPSA) is 74.6 Å². The molecule has 0 unspecified atom stereocenters. The van der Waals surface area contributed by atoms with Crippen LogP contribution in [0.25, 0.3) is 5.65 Å². The maximum atomic E-state index is 11.7. The van der Waals surface area contributed by atoms with Crippen molar-refractivity contribution in [1.29, 1.82) is 0 Å². The highest BCUT2D eigenvalue weighted by Crippen LogP contribution is 2.20. The number of aromatic nitrogens is 3. The Bertz CT molecular complexity index is 609. The van der Waals surface area contributed by atoms with Gasteiger partial charge in [-0.2, -0.15) is 0 Å². The number of fused-ring (bicyclic) bond motifs is 1. The minimum atomic E-state index is -0.0381. The fourth-order valence-corrected chi connectivity index (χ4v) is 2.18. The smallest absolute Gasteiger partial charge is 0.239 e. The highest BCUT2D eigenvalue weighted by molar-refractivity contribution is 5.82. The Kier molecular flexibility index (Phi) is 4.97. The first-order valence-electron chi connectivity index (χ1n) is 7.22. The summed E-state index contributed by atoms with van der Waals surface area (Å²) < 4.78 is 1.92. The summed E-state index contributed by atoms with van der Waals surface area (Å²) in [6.45, 7) is 5.91. The van der Waals surface area contributed by atoms with E-state index in [1.54, 1.807) is 13.2 Å². The number of amides is 1. The molecule has 0 saturated heterocycles. The van der Waals surface area contributed by atoms with Crippen LogP contribution in [0.1, 0.15) is 20.3 Å². The van der Waals surface area contributed by atoms with Crippen LogP contribution in [0.15, 0.2) is 18.6 Å². The Hall–Kier alpha value is -2.31. The molecule has 2 rings (SSSR count). The van der Waals surface area contributed by atoms with Crippen molar-refractivity contribution in [3.8, 4) is 0 Å². The number of anilines is 2. The third-order valence-corrected chi connectivity index (χ3v) is 3.12. The molecule has 7 nitrogen and oxygen atoms in total. The van der Waals surface area contributed by atoms with E-state index < -0.39 is 0 Å². The second kappa shape index (κ2) is 6.92. The Morgan fingerprint density at radius 3 is 2.90 bits per heavy atom. The van der Waals surface area contributed by atoms with Gasteiger partial charge in [-0.1, -0.05) is 6.92 Å². The SMILES string of the molecule is CCCN(CC(=O)NC)c1nc(NCC)cn2ccnc12. The van der Waals surface area contributed by atoms with Gasteiger partial charge < -0.3 is 19.9 Å². The van der Waals surface area contributed by atoms with Gasteiger partial charge >= 0.3 is 0 Å². The van der Waals surface area contributed by atoms with E-state index in [0.717, 1.165) is 36.8 Å². The Balaban J connectivity index is 2.43. The molecule has 21 heavy (non-hydrogen) atoms. The first-order valence-corrected chi connectivity index (χ1v) is 7.22. The van der Waals surface area contributed by atoms with Crippen LogP contribution in [-0.4, -0.2) is 47.0 Å². The molecule has 2 N–H and O–H groups in total. The quantitative estimate of drug-likeness (QED) is 0.799. The number of imidazole rings is 1. The van der Waals surface area contributed by atoms with Crippen molar-refractivity contribution in [3.63, 3.8) is 0 Å². The normalized spacial score (nSPS) is 10.6. The minimum Gasteiger partial charge on any atom is -0.369 e. The van der Waals surface area contributed by atoms with Crippen molar-refractivity contribution >= 4 is 23.2 Å². The molecule has 0 bridgehead atoms. The van der Waals surface area contributed by atoms with Crippen molar-refractivity contribution in [3.05, 3.63) is 18.6 Å². The molecule has 7 heteroatoms. The molecule has 0 aliphatic carbocycles. The second-order valence-electron chi connectivity index (χ2n) is 4.73. The lowest BCUT2D eigenvalue weighted by atomic mass is 10.3. The third kappa shape index (κ3) is 3.42. The number of nitrogens with one attached hydrogen (secondary N) is 2. The number of hydrogen-bond donors (Lipinski definition) is 2. The Morgan fingerprint density at radius 2 is 2.24 bits per heavy atom. The predicted octanol–water partition coefficient (Wildman–Crippen LogP) is 1.12. The summed E-state index contributed by atoms with van der Waals surface area (Å²) in [7, 11) is 1.64. The Morgan fingerprint density at radius 1 is 1.43 bits per heavy atom. The molecule has 0 saturated carbocycles. The van der Waals surface area contributed by atoms with E-state index in [1.165, 1.54) is 0 Å². The number of nitrogens with zero attached hydrogens (tertiary/aromatic N) is 4. The van der Waals surface area contributed by atoms with Crippen molar-refractivity contribution in [2.24, 2.45) is 0 Å². The fraction of sp³-hybridized carbons (Fsp3) is 0.500. The molecule has 2 aromatic heterocycles. The number of carbonyl (C=O) groups excluding carboxylic acids is 1. The molecular formula is C14H22N6O. The van der Waals surface area contributed by atoms with Crippen LogP contribution >= 0.6 is 0 Å². The van der Waals surface area contributed by atoms with E-state index in [-0.39, 0.29) is 12.5 Å². The third-order valence-electron chi connectivity index (χ3n) is 3.12. The Labute approximate surface area is 124 Å². The van der Waals surface area contributed by atoms with Gasteiger partial charge in [0.1, 0.15) is 5.82 Å². The summed E-state index contributed by atoms with van der Waals surface area (Å²) in [5.74, 6) is 1.46. The van der Waals surface area contributed by atoms with Crippen LogP contribution in [0.2, 0.25) is 0 Å². The first kappa shape index (κ1) is 15.1. The summed E-state index contributed by atoms with van der Waals surface area (Å²) in [4.78, 5) is 22.7. The zero-order chi connectivity index (χ0) is 15.2. The first-order chi connectivity index (χ1) is 10.2. The molecule has 0 atom stereocenters. The number of rotatable bonds is 7. The van der Waals surface area contributed by atoms with Crippen LogP contribution in [0, 0.1) is 0 Å². The lowest BCUT2D eigenvalue weighted by Gasteiger charge is -2.23. The van der Waals surface area contributed by atoms with Gasteiger partial charge in [0.25, 0.3) is 0 Å². The van der Waals surface area contributed by atoms with E-state index in [4.69, 9.17) is 0 Å². The largest absolute Gasteiger partial charge is 0.369 e. The van der Waals surface area contributed by atoms with Crippen molar-refractivity contribution < 1.29 is 4.79 Å². The van der Waals surface area contributed by atoms with Crippen LogP contribution in [0.4, 0.5) is 11.6 Å². The summed E-state index contributed by atoms with van der Waals surface area (Å²) in [5.41, 5.74) is 0.758. The van der Waals surface area contributed by atoms with Gasteiger partial charge in [-0.05, 0) is 13.3 Å². The molecular weight excluding hydrogens is 268 g/mol. The van der Waals surface area contributed by atoms with E-state index in [2.05, 4.69) is 27.5 Å². The average molecular weight is 290 g/mol. The zero-order valence-corrected chi connectivity index (χ0v) is 12.8. The summed E-state index contributed by atoms with van der Waals surface area (Å²) >= 11 is 0. The average Bonchev–Trinajstić information content (AvgIpc) is 2.94. The van der Waals surface area contributed by atoms with E-state index in [0.29, 0.717) is 0 Å². The van der Waals surface area contributed by atoms with Crippen LogP contribution in [0.5, 0.6) is 0 Å². The van der Waals surface area contributed by atoms with Gasteiger partial charge in [-0.3, -0.25) is 4.79 Å². The molecule has 1 amide bonds. The van der Waals surface area contributed by atoms with Gasteiger partial charge in [0.15, 0.2) is 11.5 Å². The molecule has 114 valence electrons. The van der Waals surface area contributed by atoms with Crippen LogP contribution < -0.4 is 15.5 Å². The minimum absolute atomic E-state index is 0.0381. The van der Waals surface area contributed by atoms with Gasteiger partial charge in [-0.15, -0.1) is 0 Å². The number of carbonyl (C=O) groups is 1. The molecule has 0 aliphatic rings. The van der Waals surface area contributed by atoms with Crippen LogP contribution in [0.3, 0.4) is 0 Å². The van der Waals surface area contributed by atoms with E-state index in [1.807, 2.05) is 28.6 Å². The summed E-state index contributed by atoms with van der Waals surface area (Å²) in [6.07, 6.45) is 6.45. The zero-order valence-electron chi connectivity index (χ0n) is 12.8.